The zero-order chi connectivity index (χ0) is 8.69. The van der Waals surface area contributed by atoms with Gasteiger partial charge in [0.2, 0.25) is 5.91 Å². The Balaban J connectivity index is 3.42. The zero-order valence-corrected chi connectivity index (χ0v) is 7.13. The predicted octanol–water partition coefficient (Wildman–Crippen LogP) is -0.606. The van der Waals surface area contributed by atoms with Crippen LogP contribution in [0.2, 0.25) is 0 Å². The maximum Gasteiger partial charge on any atom is 0.246 e. The second kappa shape index (κ2) is 6.12. The van der Waals surface area contributed by atoms with Gasteiger partial charge in [-0.3, -0.25) is 9.69 Å². The second-order valence-electron chi connectivity index (χ2n) is 2.22. The van der Waals surface area contributed by atoms with Gasteiger partial charge >= 0.3 is 0 Å². The molecule has 0 bridgehead atoms. The van der Waals surface area contributed by atoms with E-state index in [9.17, 15) is 4.79 Å². The Morgan fingerprint density at radius 3 is 2.36 bits per heavy atom. The van der Waals surface area contributed by atoms with Gasteiger partial charge in [-0.15, -0.1) is 0 Å². The van der Waals surface area contributed by atoms with Gasteiger partial charge in [0.15, 0.2) is 0 Å². The number of aliphatic hydroxyl groups excluding tert-OH is 1. The topological polar surface area (TPSA) is 52.6 Å². The van der Waals surface area contributed by atoms with Gasteiger partial charge in [-0.1, -0.05) is 13.8 Å². The van der Waals surface area contributed by atoms with Crippen molar-refractivity contribution in [3.05, 3.63) is 0 Å². The number of carbonyl (C=O) groups is 1. The van der Waals surface area contributed by atoms with Gasteiger partial charge in [-0.2, -0.15) is 0 Å². The molecule has 0 aliphatic rings. The summed E-state index contributed by atoms with van der Waals surface area (Å²) in [6, 6.07) is 0. The van der Waals surface area contributed by atoms with E-state index in [4.69, 9.17) is 5.11 Å². The van der Waals surface area contributed by atoms with Crippen LogP contribution in [0.4, 0.5) is 0 Å². The lowest BCUT2D eigenvalue weighted by molar-refractivity contribution is -0.124. The Bertz CT molecular complexity index is 113. The van der Waals surface area contributed by atoms with Gasteiger partial charge in [0.25, 0.3) is 0 Å². The fourth-order valence-corrected chi connectivity index (χ4v) is 0.703. The molecule has 0 aliphatic heterocycles. The molecule has 66 valence electrons. The minimum absolute atomic E-state index is 0.322. The van der Waals surface area contributed by atoms with Crippen LogP contribution in [0.5, 0.6) is 0 Å². The number of nitrogens with one attached hydrogen (secondary N) is 1. The smallest absolute Gasteiger partial charge is 0.246 e. The van der Waals surface area contributed by atoms with E-state index in [0.29, 0.717) is 6.67 Å². The average Bonchev–Trinajstić information content (AvgIpc) is 2.06. The summed E-state index contributed by atoms with van der Waals surface area (Å²) in [5, 5.41) is 10.9. The van der Waals surface area contributed by atoms with Crippen molar-refractivity contribution in [2.75, 3.05) is 26.4 Å². The molecule has 0 aromatic carbocycles. The van der Waals surface area contributed by atoms with E-state index in [1.54, 1.807) is 0 Å². The first kappa shape index (κ1) is 10.4. The van der Waals surface area contributed by atoms with Crippen molar-refractivity contribution < 1.29 is 9.90 Å². The maximum absolute atomic E-state index is 10.6. The monoisotopic (exact) mass is 160 g/mol. The fraction of sp³-hybridized carbons (Fsp3) is 0.857. The van der Waals surface area contributed by atoms with Crippen LogP contribution >= 0.6 is 0 Å². The van der Waals surface area contributed by atoms with E-state index in [1.165, 1.54) is 0 Å². The quantitative estimate of drug-likeness (QED) is 0.528. The molecule has 0 aromatic rings. The number of hydrogen-bond acceptors (Lipinski definition) is 3. The van der Waals surface area contributed by atoms with E-state index >= 15 is 0 Å². The molecule has 0 atom stereocenters. The highest BCUT2D eigenvalue weighted by Crippen LogP contribution is 1.81. The molecule has 0 fully saturated rings. The number of nitrogens with zero attached hydrogens (tertiary/aromatic N) is 1. The summed E-state index contributed by atoms with van der Waals surface area (Å²) < 4.78 is 0. The highest BCUT2D eigenvalue weighted by Gasteiger charge is 2.00. The summed E-state index contributed by atoms with van der Waals surface area (Å²) in [6.07, 6.45) is 0. The first-order valence-electron chi connectivity index (χ1n) is 3.84. The van der Waals surface area contributed by atoms with Crippen LogP contribution in [0.15, 0.2) is 0 Å². The maximum atomic E-state index is 10.6. The predicted molar refractivity (Wildman–Crippen MR) is 43.0 cm³/mol. The molecular formula is C7H16N2O2. The van der Waals surface area contributed by atoms with Gasteiger partial charge in [-0.25, -0.2) is 0 Å². The number of hydrogen-bond donors (Lipinski definition) is 2. The molecule has 0 spiro atoms. The normalized spacial score (nSPS) is 10.2. The molecule has 4 heteroatoms. The molecule has 0 aromatic heterocycles. The summed E-state index contributed by atoms with van der Waals surface area (Å²) in [7, 11) is 0. The summed E-state index contributed by atoms with van der Waals surface area (Å²) in [5.41, 5.74) is 0. The van der Waals surface area contributed by atoms with E-state index in [0.717, 1.165) is 13.1 Å². The van der Waals surface area contributed by atoms with Gasteiger partial charge in [0.05, 0.1) is 6.67 Å². The molecule has 1 amide bonds. The van der Waals surface area contributed by atoms with E-state index in [2.05, 4.69) is 5.32 Å². The molecule has 0 aliphatic carbocycles. The first-order valence-corrected chi connectivity index (χ1v) is 3.84. The molecule has 0 saturated heterocycles. The minimum atomic E-state index is -0.429. The van der Waals surface area contributed by atoms with Crippen LogP contribution in [0, 0.1) is 0 Å². The molecule has 0 heterocycles. The van der Waals surface area contributed by atoms with Gasteiger partial charge in [-0.05, 0) is 13.1 Å². The Morgan fingerprint density at radius 1 is 1.45 bits per heavy atom. The third kappa shape index (κ3) is 4.75. The van der Waals surface area contributed by atoms with E-state index < -0.39 is 6.61 Å². The van der Waals surface area contributed by atoms with Gasteiger partial charge < -0.3 is 10.4 Å². The van der Waals surface area contributed by atoms with Crippen molar-refractivity contribution in [2.24, 2.45) is 0 Å². The molecule has 0 unspecified atom stereocenters. The summed E-state index contributed by atoms with van der Waals surface area (Å²) >= 11 is 0. The number of aliphatic hydroxyl groups is 1. The highest BCUT2D eigenvalue weighted by atomic mass is 16.3. The molecule has 0 radical (unpaired) electrons. The highest BCUT2D eigenvalue weighted by molar-refractivity contribution is 5.76. The van der Waals surface area contributed by atoms with Crippen LogP contribution in [0.1, 0.15) is 13.8 Å². The number of amides is 1. The zero-order valence-electron chi connectivity index (χ0n) is 7.13. The van der Waals surface area contributed by atoms with Crippen molar-refractivity contribution in [3.63, 3.8) is 0 Å². The van der Waals surface area contributed by atoms with Crippen LogP contribution < -0.4 is 5.32 Å². The van der Waals surface area contributed by atoms with Crippen molar-refractivity contribution in [2.45, 2.75) is 13.8 Å². The molecule has 2 N–H and O–H groups in total. The lowest BCUT2D eigenvalue weighted by atomic mass is 10.5. The van der Waals surface area contributed by atoms with Gasteiger partial charge in [0, 0.05) is 0 Å². The Morgan fingerprint density at radius 2 is 2.00 bits per heavy atom. The largest absolute Gasteiger partial charge is 0.387 e. The summed E-state index contributed by atoms with van der Waals surface area (Å²) in [6.45, 7) is 5.95. The van der Waals surface area contributed by atoms with Crippen LogP contribution in [0.3, 0.4) is 0 Å². The van der Waals surface area contributed by atoms with Crippen molar-refractivity contribution in [1.82, 2.24) is 10.2 Å². The Kier molecular flexibility index (Phi) is 5.78. The van der Waals surface area contributed by atoms with Crippen molar-refractivity contribution in [3.8, 4) is 0 Å². The summed E-state index contributed by atoms with van der Waals surface area (Å²) in [4.78, 5) is 12.6. The third-order valence-corrected chi connectivity index (χ3v) is 1.54. The van der Waals surface area contributed by atoms with Crippen molar-refractivity contribution in [1.29, 1.82) is 0 Å². The van der Waals surface area contributed by atoms with E-state index in [-0.39, 0.29) is 5.91 Å². The molecule has 11 heavy (non-hydrogen) atoms. The van der Waals surface area contributed by atoms with E-state index in [1.807, 2.05) is 18.7 Å². The Hall–Kier alpha value is -0.610. The van der Waals surface area contributed by atoms with Crippen LogP contribution in [0.25, 0.3) is 0 Å². The lowest BCUT2D eigenvalue weighted by Gasteiger charge is -2.17. The van der Waals surface area contributed by atoms with Crippen LogP contribution in [-0.2, 0) is 4.79 Å². The average molecular weight is 160 g/mol. The molecule has 0 saturated carbocycles. The molecule has 0 rings (SSSR count). The van der Waals surface area contributed by atoms with Crippen LogP contribution in [-0.4, -0.2) is 42.3 Å². The summed E-state index contributed by atoms with van der Waals surface area (Å²) in [5.74, 6) is -0.322. The first-order chi connectivity index (χ1) is 5.24. The second-order valence-corrected chi connectivity index (χ2v) is 2.22. The molecule has 4 nitrogen and oxygen atoms in total. The van der Waals surface area contributed by atoms with Gasteiger partial charge in [0.1, 0.15) is 6.61 Å². The lowest BCUT2D eigenvalue weighted by Crippen LogP contribution is -2.38. The number of rotatable bonds is 5. The number of carbonyl (C=O) groups excluding carboxylic acids is 1. The Labute approximate surface area is 67.2 Å². The molecular weight excluding hydrogens is 144 g/mol. The van der Waals surface area contributed by atoms with Crippen molar-refractivity contribution >= 4 is 5.91 Å². The third-order valence-electron chi connectivity index (χ3n) is 1.54. The fourth-order valence-electron chi connectivity index (χ4n) is 0.703. The minimum Gasteiger partial charge on any atom is -0.387 e. The standard InChI is InChI=1S/C7H16N2O2/c1-3-9(4-2)6-8-7(11)5-10/h10H,3-6H2,1-2H3,(H,8,11). The SMILES string of the molecule is CCN(CC)CNC(=O)CO.